The SMILES string of the molecule is CCOC(=O)c1cnn(-c2cc(C)c3cc(C)cc(C)c3n2)c1NC(=O)c1cccc(OCC)c1. The van der Waals surface area contributed by atoms with Crippen LogP contribution in [0.25, 0.3) is 16.7 Å². The van der Waals surface area contributed by atoms with E-state index in [2.05, 4.69) is 22.5 Å². The maximum absolute atomic E-state index is 13.2. The maximum atomic E-state index is 13.2. The smallest absolute Gasteiger partial charge is 0.343 e. The van der Waals surface area contributed by atoms with Crippen LogP contribution in [0.15, 0.2) is 48.7 Å². The minimum atomic E-state index is -0.582. The van der Waals surface area contributed by atoms with Crippen molar-refractivity contribution < 1.29 is 19.1 Å². The largest absolute Gasteiger partial charge is 0.494 e. The van der Waals surface area contributed by atoms with Crippen LogP contribution in [0.2, 0.25) is 0 Å². The van der Waals surface area contributed by atoms with Crippen molar-refractivity contribution in [3.63, 3.8) is 0 Å². The predicted octanol–water partition coefficient (Wildman–Crippen LogP) is 5.17. The van der Waals surface area contributed by atoms with Gasteiger partial charge in [0.15, 0.2) is 11.6 Å². The second-order valence-electron chi connectivity index (χ2n) is 8.23. The van der Waals surface area contributed by atoms with E-state index in [0.29, 0.717) is 23.7 Å². The summed E-state index contributed by atoms with van der Waals surface area (Å²) in [6.45, 7) is 10.3. The van der Waals surface area contributed by atoms with E-state index >= 15 is 0 Å². The van der Waals surface area contributed by atoms with Gasteiger partial charge >= 0.3 is 5.97 Å². The standard InChI is InChI=1S/C27H28N4O4/c1-6-34-20-10-8-9-19(14-20)26(32)30-25-22(27(33)35-7-2)15-28-31(25)23-13-17(4)21-12-16(3)11-18(5)24(21)29-23/h8-15H,6-7H2,1-5H3,(H,30,32). The lowest BCUT2D eigenvalue weighted by molar-refractivity contribution is 0.0527. The van der Waals surface area contributed by atoms with Gasteiger partial charge in [-0.1, -0.05) is 17.7 Å². The first-order valence-corrected chi connectivity index (χ1v) is 11.5. The van der Waals surface area contributed by atoms with Gasteiger partial charge < -0.3 is 14.8 Å². The highest BCUT2D eigenvalue weighted by atomic mass is 16.5. The Morgan fingerprint density at radius 3 is 2.54 bits per heavy atom. The van der Waals surface area contributed by atoms with Crippen molar-refractivity contribution in [2.24, 2.45) is 0 Å². The first-order valence-electron chi connectivity index (χ1n) is 11.5. The molecule has 0 spiro atoms. The quantitative estimate of drug-likeness (QED) is 0.373. The van der Waals surface area contributed by atoms with E-state index in [0.717, 1.165) is 27.6 Å². The Morgan fingerprint density at radius 2 is 1.80 bits per heavy atom. The molecule has 0 fully saturated rings. The minimum Gasteiger partial charge on any atom is -0.494 e. The average Bonchev–Trinajstić information content (AvgIpc) is 3.23. The predicted molar refractivity (Wildman–Crippen MR) is 135 cm³/mol. The molecule has 2 aromatic carbocycles. The number of nitrogens with one attached hydrogen (secondary N) is 1. The number of amides is 1. The molecule has 4 rings (SSSR count). The molecule has 0 aliphatic heterocycles. The van der Waals surface area contributed by atoms with E-state index in [1.165, 1.54) is 10.9 Å². The Labute approximate surface area is 203 Å². The van der Waals surface area contributed by atoms with Crippen LogP contribution in [0.3, 0.4) is 0 Å². The summed E-state index contributed by atoms with van der Waals surface area (Å²) in [5, 5.41) is 8.28. The number of hydrogen-bond donors (Lipinski definition) is 1. The van der Waals surface area contributed by atoms with E-state index in [9.17, 15) is 9.59 Å². The van der Waals surface area contributed by atoms with E-state index in [1.54, 1.807) is 31.2 Å². The minimum absolute atomic E-state index is 0.140. The summed E-state index contributed by atoms with van der Waals surface area (Å²) in [6.07, 6.45) is 1.38. The third-order valence-corrected chi connectivity index (χ3v) is 5.56. The van der Waals surface area contributed by atoms with Crippen molar-refractivity contribution in [1.29, 1.82) is 0 Å². The van der Waals surface area contributed by atoms with Gasteiger partial charge in [-0.2, -0.15) is 9.78 Å². The summed E-state index contributed by atoms with van der Waals surface area (Å²) < 4.78 is 12.2. The normalized spacial score (nSPS) is 10.9. The van der Waals surface area contributed by atoms with Gasteiger partial charge in [-0.05, 0) is 76.1 Å². The van der Waals surface area contributed by atoms with Gasteiger partial charge in [-0.3, -0.25) is 4.79 Å². The Bertz CT molecular complexity index is 1420. The number of anilines is 1. The molecule has 8 nitrogen and oxygen atoms in total. The highest BCUT2D eigenvalue weighted by Crippen LogP contribution is 2.27. The molecular weight excluding hydrogens is 444 g/mol. The molecule has 0 saturated heterocycles. The molecule has 180 valence electrons. The Balaban J connectivity index is 1.81. The highest BCUT2D eigenvalue weighted by molar-refractivity contribution is 6.07. The van der Waals surface area contributed by atoms with Gasteiger partial charge in [0.1, 0.15) is 11.3 Å². The molecule has 2 aromatic heterocycles. The van der Waals surface area contributed by atoms with Crippen molar-refractivity contribution in [2.45, 2.75) is 34.6 Å². The van der Waals surface area contributed by atoms with Crippen LogP contribution in [0.5, 0.6) is 5.75 Å². The fraction of sp³-hybridized carbons (Fsp3) is 0.259. The maximum Gasteiger partial charge on any atom is 0.343 e. The van der Waals surface area contributed by atoms with Gasteiger partial charge in [-0.25, -0.2) is 9.78 Å². The number of nitrogens with zero attached hydrogens (tertiary/aromatic N) is 3. The molecular formula is C27H28N4O4. The molecule has 0 radical (unpaired) electrons. The number of esters is 1. The monoisotopic (exact) mass is 472 g/mol. The Morgan fingerprint density at radius 1 is 1.00 bits per heavy atom. The summed E-state index contributed by atoms with van der Waals surface area (Å²) in [4.78, 5) is 30.7. The van der Waals surface area contributed by atoms with Crippen molar-refractivity contribution in [2.75, 3.05) is 18.5 Å². The lowest BCUT2D eigenvalue weighted by atomic mass is 10.0. The van der Waals surface area contributed by atoms with Crippen LogP contribution < -0.4 is 10.1 Å². The van der Waals surface area contributed by atoms with E-state index in [4.69, 9.17) is 14.5 Å². The first kappa shape index (κ1) is 23.9. The third-order valence-electron chi connectivity index (χ3n) is 5.56. The summed E-state index contributed by atoms with van der Waals surface area (Å²) >= 11 is 0. The third kappa shape index (κ3) is 4.87. The van der Waals surface area contributed by atoms with Crippen molar-refractivity contribution in [3.05, 3.63) is 76.5 Å². The topological polar surface area (TPSA) is 95.3 Å². The Kier molecular flexibility index (Phi) is 6.82. The summed E-state index contributed by atoms with van der Waals surface area (Å²) in [6, 6.07) is 12.9. The molecule has 0 aliphatic carbocycles. The number of aromatic nitrogens is 3. The summed E-state index contributed by atoms with van der Waals surface area (Å²) in [5.41, 5.74) is 4.54. The van der Waals surface area contributed by atoms with Crippen LogP contribution in [0, 0.1) is 20.8 Å². The van der Waals surface area contributed by atoms with Crippen LogP contribution in [-0.2, 0) is 4.74 Å². The van der Waals surface area contributed by atoms with Gasteiger partial charge in [0, 0.05) is 10.9 Å². The zero-order valence-electron chi connectivity index (χ0n) is 20.5. The zero-order chi connectivity index (χ0) is 25.1. The van der Waals surface area contributed by atoms with E-state index < -0.39 is 11.9 Å². The fourth-order valence-electron chi connectivity index (χ4n) is 4.01. The van der Waals surface area contributed by atoms with Crippen LogP contribution >= 0.6 is 0 Å². The van der Waals surface area contributed by atoms with E-state index in [1.807, 2.05) is 33.8 Å². The number of fused-ring (bicyclic) bond motifs is 1. The van der Waals surface area contributed by atoms with Crippen molar-refractivity contribution >= 4 is 28.6 Å². The average molecular weight is 473 g/mol. The van der Waals surface area contributed by atoms with Gasteiger partial charge in [0.2, 0.25) is 0 Å². The lowest BCUT2D eigenvalue weighted by Crippen LogP contribution is -2.18. The van der Waals surface area contributed by atoms with Crippen LogP contribution in [-0.4, -0.2) is 39.9 Å². The molecule has 4 aromatic rings. The number of ether oxygens (including phenoxy) is 2. The lowest BCUT2D eigenvalue weighted by Gasteiger charge is -2.14. The summed E-state index contributed by atoms with van der Waals surface area (Å²) in [5.74, 6) is 0.253. The first-order chi connectivity index (χ1) is 16.8. The molecule has 0 bridgehead atoms. The Hall–Kier alpha value is -4.20. The number of benzene rings is 2. The van der Waals surface area contributed by atoms with Crippen LogP contribution in [0.4, 0.5) is 5.82 Å². The number of hydrogen-bond acceptors (Lipinski definition) is 6. The number of aryl methyl sites for hydroxylation is 3. The molecule has 0 aliphatic rings. The highest BCUT2D eigenvalue weighted by Gasteiger charge is 2.23. The molecule has 0 unspecified atom stereocenters. The molecule has 0 saturated carbocycles. The van der Waals surface area contributed by atoms with E-state index in [-0.39, 0.29) is 18.0 Å². The molecule has 1 N–H and O–H groups in total. The van der Waals surface area contributed by atoms with Gasteiger partial charge in [0.05, 0.1) is 24.9 Å². The molecule has 0 atom stereocenters. The number of carbonyl (C=O) groups is 2. The van der Waals surface area contributed by atoms with Crippen molar-refractivity contribution in [1.82, 2.24) is 14.8 Å². The molecule has 1 amide bonds. The fourth-order valence-corrected chi connectivity index (χ4v) is 4.01. The van der Waals surface area contributed by atoms with Crippen molar-refractivity contribution in [3.8, 4) is 11.6 Å². The summed E-state index contributed by atoms with van der Waals surface area (Å²) in [7, 11) is 0. The van der Waals surface area contributed by atoms with Gasteiger partial charge in [-0.15, -0.1) is 0 Å². The van der Waals surface area contributed by atoms with Crippen LogP contribution in [0.1, 0.15) is 51.3 Å². The zero-order valence-corrected chi connectivity index (χ0v) is 20.5. The second kappa shape index (κ2) is 9.97. The number of carbonyl (C=O) groups excluding carboxylic acids is 2. The molecule has 2 heterocycles. The number of pyridine rings is 1. The molecule has 8 heteroatoms. The van der Waals surface area contributed by atoms with Gasteiger partial charge in [0.25, 0.3) is 5.91 Å². The molecule has 35 heavy (non-hydrogen) atoms. The second-order valence-corrected chi connectivity index (χ2v) is 8.23. The number of rotatable bonds is 7.